The fourth-order valence-corrected chi connectivity index (χ4v) is 1.35. The summed E-state index contributed by atoms with van der Waals surface area (Å²) in [6, 6.07) is 0. The second-order valence-electron chi connectivity index (χ2n) is 3.43. The number of aliphatic hydroxyl groups excluding tert-OH is 2. The van der Waals surface area contributed by atoms with Gasteiger partial charge in [-0.1, -0.05) is 0 Å². The highest BCUT2D eigenvalue weighted by atomic mass is 31.2. The van der Waals surface area contributed by atoms with Crippen LogP contribution >= 0.6 is 7.82 Å². The molecule has 0 saturated carbocycles. The van der Waals surface area contributed by atoms with E-state index in [0.29, 0.717) is 0 Å². The zero-order chi connectivity index (χ0) is 12.3. The molecule has 4 atom stereocenters. The molecule has 4 N–H and O–H groups in total. The van der Waals surface area contributed by atoms with E-state index in [2.05, 4.69) is 4.52 Å². The average molecular weight is 258 g/mol. The molecule has 0 bridgehead atoms. The van der Waals surface area contributed by atoms with E-state index in [0.717, 1.165) is 0 Å². The van der Waals surface area contributed by atoms with E-state index in [-0.39, 0.29) is 6.61 Å². The summed E-state index contributed by atoms with van der Waals surface area (Å²) in [7, 11) is -4.59. The van der Waals surface area contributed by atoms with E-state index >= 15 is 0 Å². The van der Waals surface area contributed by atoms with Crippen molar-refractivity contribution in [2.45, 2.75) is 31.5 Å². The average Bonchev–Trinajstić information content (AvgIpc) is 2.88. The quantitative estimate of drug-likeness (QED) is 0.323. The summed E-state index contributed by atoms with van der Waals surface area (Å²) in [5.41, 5.74) is 0. The number of phosphoric acid groups is 1. The van der Waals surface area contributed by atoms with Gasteiger partial charge in [-0.05, 0) is 6.92 Å². The van der Waals surface area contributed by atoms with E-state index < -0.39 is 39.0 Å². The predicted molar refractivity (Wildman–Crippen MR) is 50.3 cm³/mol. The SMILES string of the molecule is C[C@H](O)C(COP(=O)(O)O)OC1O[C@H]1CO. The third-order valence-corrected chi connectivity index (χ3v) is 2.46. The lowest BCUT2D eigenvalue weighted by Crippen LogP contribution is -2.32. The molecule has 1 fully saturated rings. The highest BCUT2D eigenvalue weighted by molar-refractivity contribution is 7.46. The Morgan fingerprint density at radius 2 is 2.12 bits per heavy atom. The Balaban J connectivity index is 2.34. The smallest absolute Gasteiger partial charge is 0.393 e. The third-order valence-electron chi connectivity index (χ3n) is 1.97. The molecule has 1 heterocycles. The van der Waals surface area contributed by atoms with Crippen molar-refractivity contribution in [3.8, 4) is 0 Å². The summed E-state index contributed by atoms with van der Waals surface area (Å²) in [6.07, 6.45) is -3.01. The Labute approximate surface area is 92.0 Å². The normalized spacial score (nSPS) is 28.8. The molecule has 1 aliphatic heterocycles. The van der Waals surface area contributed by atoms with Crippen LogP contribution in [0.15, 0.2) is 0 Å². The van der Waals surface area contributed by atoms with Crippen LogP contribution in [0.1, 0.15) is 6.92 Å². The van der Waals surface area contributed by atoms with Crippen LogP contribution < -0.4 is 0 Å². The van der Waals surface area contributed by atoms with Crippen molar-refractivity contribution >= 4 is 7.82 Å². The second kappa shape index (κ2) is 5.52. The highest BCUT2D eigenvalue weighted by Gasteiger charge is 2.42. The van der Waals surface area contributed by atoms with Gasteiger partial charge in [0.15, 0.2) is 6.29 Å². The summed E-state index contributed by atoms with van der Waals surface area (Å²) < 4.78 is 24.6. The molecule has 96 valence electrons. The van der Waals surface area contributed by atoms with Crippen LogP contribution in [0.4, 0.5) is 0 Å². The van der Waals surface area contributed by atoms with Crippen LogP contribution in [0, 0.1) is 0 Å². The zero-order valence-corrected chi connectivity index (χ0v) is 9.49. The minimum absolute atomic E-state index is 0.212. The fraction of sp³-hybridized carbons (Fsp3) is 1.00. The fourth-order valence-electron chi connectivity index (χ4n) is 1.01. The molecule has 0 aliphatic carbocycles. The molecular weight excluding hydrogens is 243 g/mol. The Bertz CT molecular complexity index is 263. The van der Waals surface area contributed by atoms with Crippen LogP contribution in [-0.4, -0.2) is 57.8 Å². The predicted octanol–water partition coefficient (Wildman–Crippen LogP) is -1.42. The third kappa shape index (κ3) is 4.86. The second-order valence-corrected chi connectivity index (χ2v) is 4.67. The van der Waals surface area contributed by atoms with Gasteiger partial charge in [0.05, 0.1) is 19.3 Å². The van der Waals surface area contributed by atoms with Crippen LogP contribution in [0.25, 0.3) is 0 Å². The lowest BCUT2D eigenvalue weighted by Gasteiger charge is -2.19. The van der Waals surface area contributed by atoms with Crippen LogP contribution in [0.3, 0.4) is 0 Å². The molecule has 0 amide bonds. The number of aliphatic hydroxyl groups is 2. The Hall–Kier alpha value is -0.0500. The monoisotopic (exact) mass is 258 g/mol. The number of rotatable bonds is 7. The van der Waals surface area contributed by atoms with Gasteiger partial charge >= 0.3 is 7.82 Å². The molecule has 1 aliphatic rings. The van der Waals surface area contributed by atoms with E-state index in [9.17, 15) is 9.67 Å². The minimum Gasteiger partial charge on any atom is -0.393 e. The van der Waals surface area contributed by atoms with Crippen LogP contribution in [0.2, 0.25) is 0 Å². The Kier molecular flexibility index (Phi) is 4.84. The highest BCUT2D eigenvalue weighted by Crippen LogP contribution is 2.36. The van der Waals surface area contributed by atoms with Crippen molar-refractivity contribution in [2.24, 2.45) is 0 Å². The molecule has 8 nitrogen and oxygen atoms in total. The van der Waals surface area contributed by atoms with Gasteiger partial charge in [0.1, 0.15) is 12.2 Å². The van der Waals surface area contributed by atoms with Crippen molar-refractivity contribution < 1.29 is 38.6 Å². The Morgan fingerprint density at radius 1 is 1.50 bits per heavy atom. The topological polar surface area (TPSA) is 129 Å². The van der Waals surface area contributed by atoms with Crippen LogP contribution in [-0.2, 0) is 18.6 Å². The van der Waals surface area contributed by atoms with Gasteiger partial charge < -0.3 is 29.5 Å². The zero-order valence-electron chi connectivity index (χ0n) is 8.59. The summed E-state index contributed by atoms with van der Waals surface area (Å²) >= 11 is 0. The number of ether oxygens (including phenoxy) is 2. The molecule has 2 unspecified atom stereocenters. The first-order valence-corrected chi connectivity index (χ1v) is 6.16. The van der Waals surface area contributed by atoms with Gasteiger partial charge in [-0.25, -0.2) is 4.57 Å². The van der Waals surface area contributed by atoms with Crippen molar-refractivity contribution in [2.75, 3.05) is 13.2 Å². The number of hydrogen-bond donors (Lipinski definition) is 4. The first-order valence-electron chi connectivity index (χ1n) is 4.63. The molecule has 0 radical (unpaired) electrons. The van der Waals surface area contributed by atoms with E-state index in [4.69, 9.17) is 24.4 Å². The van der Waals surface area contributed by atoms with E-state index in [1.165, 1.54) is 6.92 Å². The maximum absolute atomic E-state index is 10.4. The molecule has 16 heavy (non-hydrogen) atoms. The molecule has 1 saturated heterocycles. The molecular formula is C7H15O8P. The standard InChI is InChI=1S/C7H15O8P/c1-4(9)6(3-13-16(10,11)12)15-7-5(2-8)14-7/h4-9H,2-3H2,1H3,(H2,10,11,12)/t4-,5-,6?,7?/m0/s1. The first kappa shape index (κ1) is 14.0. The number of epoxide rings is 1. The number of hydrogen-bond acceptors (Lipinski definition) is 6. The van der Waals surface area contributed by atoms with E-state index in [1.54, 1.807) is 0 Å². The summed E-state index contributed by atoms with van der Waals surface area (Å²) in [5, 5.41) is 17.9. The van der Waals surface area contributed by atoms with Gasteiger partial charge in [0, 0.05) is 0 Å². The van der Waals surface area contributed by atoms with E-state index in [1.807, 2.05) is 0 Å². The van der Waals surface area contributed by atoms with Crippen molar-refractivity contribution in [1.29, 1.82) is 0 Å². The molecule has 0 aromatic rings. The first-order chi connectivity index (χ1) is 7.33. The van der Waals surface area contributed by atoms with Gasteiger partial charge in [-0.2, -0.15) is 0 Å². The molecule has 0 aromatic carbocycles. The summed E-state index contributed by atoms with van der Waals surface area (Å²) in [4.78, 5) is 17.0. The lowest BCUT2D eigenvalue weighted by atomic mass is 10.2. The summed E-state index contributed by atoms with van der Waals surface area (Å²) in [6.45, 7) is 0.723. The number of phosphoric ester groups is 1. The van der Waals surface area contributed by atoms with Crippen molar-refractivity contribution in [1.82, 2.24) is 0 Å². The maximum atomic E-state index is 10.4. The lowest BCUT2D eigenvalue weighted by molar-refractivity contribution is -0.0885. The minimum atomic E-state index is -4.59. The van der Waals surface area contributed by atoms with Gasteiger partial charge in [-0.15, -0.1) is 0 Å². The molecule has 0 aromatic heterocycles. The maximum Gasteiger partial charge on any atom is 0.469 e. The summed E-state index contributed by atoms with van der Waals surface area (Å²) in [5.74, 6) is 0. The van der Waals surface area contributed by atoms with Crippen LogP contribution in [0.5, 0.6) is 0 Å². The largest absolute Gasteiger partial charge is 0.469 e. The molecule has 1 rings (SSSR count). The van der Waals surface area contributed by atoms with Gasteiger partial charge in [0.25, 0.3) is 0 Å². The van der Waals surface area contributed by atoms with Gasteiger partial charge in [-0.3, -0.25) is 4.52 Å². The van der Waals surface area contributed by atoms with Crippen molar-refractivity contribution in [3.63, 3.8) is 0 Å². The molecule has 9 heteroatoms. The van der Waals surface area contributed by atoms with Crippen molar-refractivity contribution in [3.05, 3.63) is 0 Å². The van der Waals surface area contributed by atoms with Gasteiger partial charge in [0.2, 0.25) is 0 Å². The Morgan fingerprint density at radius 3 is 2.50 bits per heavy atom. The molecule has 0 spiro atoms.